The highest BCUT2D eigenvalue weighted by Crippen LogP contribution is 2.16. The van der Waals surface area contributed by atoms with Crippen molar-refractivity contribution in [2.45, 2.75) is 10.9 Å². The van der Waals surface area contributed by atoms with Gasteiger partial charge in [0.15, 0.2) is 5.17 Å². The van der Waals surface area contributed by atoms with Gasteiger partial charge in [-0.1, -0.05) is 11.8 Å². The van der Waals surface area contributed by atoms with Gasteiger partial charge in [-0.2, -0.15) is 4.72 Å². The summed E-state index contributed by atoms with van der Waals surface area (Å²) >= 11 is 1.36. The van der Waals surface area contributed by atoms with Crippen LogP contribution in [0.5, 0.6) is 5.75 Å². The number of thioether (sulfide) groups is 1. The second-order valence-electron chi connectivity index (χ2n) is 4.56. The van der Waals surface area contributed by atoms with Crippen molar-refractivity contribution in [3.8, 4) is 5.75 Å². The van der Waals surface area contributed by atoms with E-state index in [1.807, 2.05) is 0 Å². The van der Waals surface area contributed by atoms with Gasteiger partial charge in [0.1, 0.15) is 11.8 Å². The second-order valence-corrected chi connectivity index (χ2v) is 7.35. The molecule has 1 amide bonds. The minimum Gasteiger partial charge on any atom is -0.497 e. The third-order valence-corrected chi connectivity index (χ3v) is 5.36. The first-order valence-electron chi connectivity index (χ1n) is 6.71. The van der Waals surface area contributed by atoms with Crippen LogP contribution in [-0.2, 0) is 14.8 Å². The molecule has 0 saturated heterocycles. The lowest BCUT2D eigenvalue weighted by Gasteiger charge is -2.16. The van der Waals surface area contributed by atoms with E-state index in [2.05, 4.69) is 15.0 Å². The van der Waals surface area contributed by atoms with Gasteiger partial charge in [0, 0.05) is 5.75 Å². The molecule has 126 valence electrons. The standard InChI is InChI=1S/C13H17N3O5S2/c1-21-9-2-4-10(5-3-9)23(19,20)16-11(8-17)12(18)15-13-14-6-7-22-13/h2-5,11,16-17H,6-8H2,1H3,(H,14,15,18)/t11-/m0/s1. The zero-order chi connectivity index (χ0) is 16.9. The average Bonchev–Trinajstić information content (AvgIpc) is 3.05. The van der Waals surface area contributed by atoms with Gasteiger partial charge in [0.05, 0.1) is 25.2 Å². The Bertz CT molecular complexity index is 688. The van der Waals surface area contributed by atoms with Crippen molar-refractivity contribution in [1.29, 1.82) is 0 Å². The van der Waals surface area contributed by atoms with Crippen LogP contribution < -0.4 is 14.8 Å². The maximum absolute atomic E-state index is 12.3. The first-order chi connectivity index (χ1) is 11.0. The molecular weight excluding hydrogens is 342 g/mol. The second kappa shape index (κ2) is 7.77. The topological polar surface area (TPSA) is 117 Å². The number of aliphatic imine (C=N–C) groups is 1. The molecule has 0 fully saturated rings. The number of hydrogen-bond acceptors (Lipinski definition) is 7. The average molecular weight is 359 g/mol. The molecule has 0 saturated carbocycles. The molecule has 8 nitrogen and oxygen atoms in total. The van der Waals surface area contributed by atoms with Gasteiger partial charge < -0.3 is 15.2 Å². The van der Waals surface area contributed by atoms with Crippen molar-refractivity contribution < 1.29 is 23.1 Å². The fraction of sp³-hybridized carbons (Fsp3) is 0.385. The van der Waals surface area contributed by atoms with Crippen molar-refractivity contribution in [3.63, 3.8) is 0 Å². The quantitative estimate of drug-likeness (QED) is 0.634. The molecule has 2 rings (SSSR count). The van der Waals surface area contributed by atoms with E-state index in [0.717, 1.165) is 5.75 Å². The van der Waals surface area contributed by atoms with Crippen LogP contribution in [-0.4, -0.2) is 56.7 Å². The predicted molar refractivity (Wildman–Crippen MR) is 87.1 cm³/mol. The number of amides is 1. The summed E-state index contributed by atoms with van der Waals surface area (Å²) in [6.45, 7) is -0.0686. The van der Waals surface area contributed by atoms with Crippen LogP contribution in [0.25, 0.3) is 0 Å². The summed E-state index contributed by atoms with van der Waals surface area (Å²) in [5.41, 5.74) is 0. The van der Waals surface area contributed by atoms with Crippen LogP contribution in [0.1, 0.15) is 0 Å². The highest BCUT2D eigenvalue weighted by molar-refractivity contribution is 8.14. The maximum atomic E-state index is 12.3. The van der Waals surface area contributed by atoms with Gasteiger partial charge >= 0.3 is 0 Å². The lowest BCUT2D eigenvalue weighted by atomic mass is 10.3. The van der Waals surface area contributed by atoms with E-state index in [0.29, 0.717) is 17.5 Å². The van der Waals surface area contributed by atoms with E-state index >= 15 is 0 Å². The third kappa shape index (κ3) is 4.67. The maximum Gasteiger partial charge on any atom is 0.246 e. The molecule has 1 aliphatic rings. The molecule has 0 radical (unpaired) electrons. The van der Waals surface area contributed by atoms with E-state index in [1.54, 1.807) is 0 Å². The molecule has 1 aromatic carbocycles. The minimum absolute atomic E-state index is 0.0304. The summed E-state index contributed by atoms with van der Waals surface area (Å²) in [6.07, 6.45) is 0. The first-order valence-corrected chi connectivity index (χ1v) is 9.18. The van der Waals surface area contributed by atoms with Gasteiger partial charge in [0.25, 0.3) is 0 Å². The zero-order valence-electron chi connectivity index (χ0n) is 12.4. The van der Waals surface area contributed by atoms with Crippen LogP contribution in [0, 0.1) is 0 Å². The van der Waals surface area contributed by atoms with Crippen LogP contribution >= 0.6 is 11.8 Å². The molecule has 3 N–H and O–H groups in total. The number of carbonyl (C=O) groups excluding carboxylic acids is 1. The smallest absolute Gasteiger partial charge is 0.246 e. The molecule has 23 heavy (non-hydrogen) atoms. The molecule has 0 aliphatic carbocycles. The Kier molecular flexibility index (Phi) is 5.99. The van der Waals surface area contributed by atoms with E-state index in [4.69, 9.17) is 4.74 Å². The zero-order valence-corrected chi connectivity index (χ0v) is 14.0. The van der Waals surface area contributed by atoms with E-state index in [1.165, 1.54) is 43.1 Å². The number of sulfonamides is 1. The van der Waals surface area contributed by atoms with Crippen LogP contribution in [0.4, 0.5) is 0 Å². The first kappa shape index (κ1) is 17.7. The summed E-state index contributed by atoms with van der Waals surface area (Å²) < 4.78 is 31.7. The summed E-state index contributed by atoms with van der Waals surface area (Å²) in [5, 5.41) is 12.2. The normalized spacial score (nSPS) is 15.8. The largest absolute Gasteiger partial charge is 0.497 e. The SMILES string of the molecule is COc1ccc(S(=O)(=O)N[C@@H](CO)C(=O)NC2=NCCS2)cc1. The molecule has 0 bridgehead atoms. The monoisotopic (exact) mass is 359 g/mol. The van der Waals surface area contributed by atoms with Crippen LogP contribution in [0.2, 0.25) is 0 Å². The number of nitrogens with zero attached hydrogens (tertiary/aromatic N) is 1. The number of rotatable bonds is 6. The van der Waals surface area contributed by atoms with Gasteiger partial charge in [-0.15, -0.1) is 0 Å². The van der Waals surface area contributed by atoms with Crippen LogP contribution in [0.15, 0.2) is 34.2 Å². The third-order valence-electron chi connectivity index (χ3n) is 2.98. The number of methoxy groups -OCH3 is 1. The highest BCUT2D eigenvalue weighted by atomic mass is 32.2. The van der Waals surface area contributed by atoms with E-state index < -0.39 is 28.6 Å². The van der Waals surface area contributed by atoms with E-state index in [-0.39, 0.29) is 4.90 Å². The summed E-state index contributed by atoms with van der Waals surface area (Å²) in [6, 6.07) is 4.39. The Balaban J connectivity index is 2.07. The Hall–Kier alpha value is -1.62. The van der Waals surface area contributed by atoms with Gasteiger partial charge in [-0.25, -0.2) is 8.42 Å². The summed E-state index contributed by atoms with van der Waals surface area (Å²) in [5.74, 6) is 0.617. The number of carbonyl (C=O) groups is 1. The Labute approximate surface area is 138 Å². The van der Waals surface area contributed by atoms with Gasteiger partial charge in [-0.3, -0.25) is 9.79 Å². The van der Waals surface area contributed by atoms with Crippen molar-refractivity contribution in [2.24, 2.45) is 4.99 Å². The van der Waals surface area contributed by atoms with E-state index in [9.17, 15) is 18.3 Å². The number of benzene rings is 1. The highest BCUT2D eigenvalue weighted by Gasteiger charge is 2.26. The predicted octanol–water partition coefficient (Wildman–Crippen LogP) is -0.447. The number of amidine groups is 1. The number of aliphatic hydroxyl groups is 1. The fourth-order valence-electron chi connectivity index (χ4n) is 1.79. The van der Waals surface area contributed by atoms with Gasteiger partial charge in [0.2, 0.25) is 15.9 Å². The minimum atomic E-state index is -3.95. The lowest BCUT2D eigenvalue weighted by Crippen LogP contribution is -2.49. The fourth-order valence-corrected chi connectivity index (χ4v) is 3.71. The Morgan fingerprint density at radius 2 is 2.13 bits per heavy atom. The number of aliphatic hydroxyl groups excluding tert-OH is 1. The van der Waals surface area contributed by atoms with Crippen LogP contribution in [0.3, 0.4) is 0 Å². The molecule has 0 aromatic heterocycles. The Morgan fingerprint density at radius 3 is 2.65 bits per heavy atom. The molecule has 0 spiro atoms. The molecule has 1 heterocycles. The van der Waals surface area contributed by atoms with Gasteiger partial charge in [-0.05, 0) is 24.3 Å². The Morgan fingerprint density at radius 1 is 1.43 bits per heavy atom. The molecule has 1 aliphatic heterocycles. The van der Waals surface area contributed by atoms with Crippen molar-refractivity contribution in [3.05, 3.63) is 24.3 Å². The molecule has 0 unspecified atom stereocenters. The summed E-state index contributed by atoms with van der Waals surface area (Å²) in [4.78, 5) is 16.0. The van der Waals surface area contributed by atoms with Crippen molar-refractivity contribution in [2.75, 3.05) is 26.0 Å². The number of nitrogens with one attached hydrogen (secondary N) is 2. The molecular formula is C13H17N3O5S2. The molecule has 10 heteroatoms. The summed E-state index contributed by atoms with van der Waals surface area (Å²) in [7, 11) is -2.48. The molecule has 1 aromatic rings. The van der Waals surface area contributed by atoms with Crippen molar-refractivity contribution in [1.82, 2.24) is 10.0 Å². The molecule has 1 atom stereocenters. The number of hydrogen-bond donors (Lipinski definition) is 3. The lowest BCUT2D eigenvalue weighted by molar-refractivity contribution is -0.122. The number of ether oxygens (including phenoxy) is 1. The van der Waals surface area contributed by atoms with Crippen molar-refractivity contribution >= 4 is 32.9 Å².